The van der Waals surface area contributed by atoms with Crippen LogP contribution in [0.4, 0.5) is 0 Å². The number of carbonyl (C=O) groups is 5. The van der Waals surface area contributed by atoms with Crippen molar-refractivity contribution in [1.29, 1.82) is 0 Å². The van der Waals surface area contributed by atoms with E-state index < -0.39 is 41.4 Å². The van der Waals surface area contributed by atoms with Crippen LogP contribution in [0, 0.1) is 0 Å². The summed E-state index contributed by atoms with van der Waals surface area (Å²) in [6, 6.07) is 23.5. The van der Waals surface area contributed by atoms with E-state index in [1.807, 2.05) is 48.5 Å². The number of carbonyl (C=O) groups excluding carboxylic acids is 4. The van der Waals surface area contributed by atoms with Crippen molar-refractivity contribution in [2.24, 2.45) is 0 Å². The number of rotatable bonds is 24. The molecular weight excluding hydrogens is 1020 g/mol. The molecule has 3 N–H and O–H groups in total. The number of hydrogen-bond donors (Lipinski definition) is 3. The van der Waals surface area contributed by atoms with E-state index >= 15 is 0 Å². The van der Waals surface area contributed by atoms with Crippen LogP contribution in [0.25, 0.3) is 11.5 Å². The number of aliphatic hydroxyl groups is 2. The fourth-order valence-corrected chi connectivity index (χ4v) is 9.82. The number of fused-ring (bicyclic) bond motifs is 2. The fraction of sp³-hybridized carbons (Fsp3) is 0.468. The first-order chi connectivity index (χ1) is 38.7. The minimum atomic E-state index is -0.833. The minimum Gasteiger partial charge on any atom is -0.507 e. The highest BCUT2D eigenvalue weighted by atomic mass is 16.6. The number of aliphatic hydroxyl groups excluding tert-OH is 2. The van der Waals surface area contributed by atoms with Crippen LogP contribution in [0.2, 0.25) is 0 Å². The molecule has 4 aliphatic heterocycles. The van der Waals surface area contributed by atoms with Crippen molar-refractivity contribution in [2.75, 3.05) is 92.0 Å². The van der Waals surface area contributed by atoms with Crippen LogP contribution in [0.1, 0.15) is 121 Å². The Bertz CT molecular complexity index is 2630. The lowest BCUT2D eigenvalue weighted by Gasteiger charge is -2.28. The van der Waals surface area contributed by atoms with Crippen molar-refractivity contribution >= 4 is 40.9 Å². The van der Waals surface area contributed by atoms with Crippen LogP contribution in [0.3, 0.4) is 0 Å². The van der Waals surface area contributed by atoms with Crippen LogP contribution < -0.4 is 28.4 Å². The van der Waals surface area contributed by atoms with Crippen molar-refractivity contribution in [3.05, 3.63) is 118 Å². The lowest BCUT2D eigenvalue weighted by atomic mass is 9.95. The summed E-state index contributed by atoms with van der Waals surface area (Å²) in [5, 5.41) is 30.3. The van der Waals surface area contributed by atoms with E-state index in [1.165, 1.54) is 0 Å². The van der Waals surface area contributed by atoms with Gasteiger partial charge in [0.1, 0.15) is 49.4 Å². The van der Waals surface area contributed by atoms with Gasteiger partial charge in [0.05, 0.1) is 36.4 Å². The number of benzene rings is 4. The number of aliphatic carboxylic acids is 1. The molecule has 2 amide bonds. The minimum absolute atomic E-state index is 0.0642. The second-order valence-electron chi connectivity index (χ2n) is 19.5. The summed E-state index contributed by atoms with van der Waals surface area (Å²) in [4.78, 5) is 70.0. The van der Waals surface area contributed by atoms with Gasteiger partial charge in [0, 0.05) is 44.2 Å². The molecule has 0 aliphatic carbocycles. The van der Waals surface area contributed by atoms with Gasteiger partial charge in [-0.25, -0.2) is 0 Å². The van der Waals surface area contributed by atoms with E-state index in [0.717, 1.165) is 82.8 Å². The molecule has 4 aromatic rings. The van der Waals surface area contributed by atoms with E-state index in [0.29, 0.717) is 111 Å². The highest BCUT2D eigenvalue weighted by molar-refractivity contribution is 6.47. The highest BCUT2D eigenvalue weighted by Gasteiger charge is 2.47. The first-order valence-corrected chi connectivity index (χ1v) is 28.2. The van der Waals surface area contributed by atoms with Crippen molar-refractivity contribution in [1.82, 2.24) is 19.6 Å². The molecule has 2 unspecified atom stereocenters. The maximum Gasteiger partial charge on any atom is 0.300 e. The number of carboxylic acids is 1. The van der Waals surface area contributed by atoms with Gasteiger partial charge in [-0.15, -0.1) is 0 Å². The van der Waals surface area contributed by atoms with Gasteiger partial charge in [0.15, 0.2) is 23.0 Å². The Kier molecular flexibility index (Phi) is 23.7. The van der Waals surface area contributed by atoms with E-state index in [2.05, 4.69) is 51.3 Å². The number of ketones is 2. The highest BCUT2D eigenvalue weighted by Crippen LogP contribution is 2.44. The second-order valence-corrected chi connectivity index (χ2v) is 19.5. The molecule has 18 heteroatoms. The Balaban J connectivity index is 0.000000242. The molecule has 0 spiro atoms. The topological polar surface area (TPSA) is 214 Å². The largest absolute Gasteiger partial charge is 0.507 e. The lowest BCUT2D eigenvalue weighted by Crippen LogP contribution is -2.38. The van der Waals surface area contributed by atoms with Crippen LogP contribution in [0.5, 0.6) is 34.5 Å². The molecule has 0 saturated carbocycles. The molecule has 4 aromatic carbocycles. The molecular formula is C62H80N4O14. The number of likely N-dealkylation sites (N-methyl/N-ethyl adjacent to an activating group) is 2. The summed E-state index contributed by atoms with van der Waals surface area (Å²) in [6.07, 6.45) is 6.27. The average Bonchev–Trinajstić information content (AvgIpc) is 3.88. The molecule has 18 nitrogen and oxygen atoms in total. The molecule has 4 aliphatic rings. The fourth-order valence-electron chi connectivity index (χ4n) is 9.82. The SMILES string of the molecule is CC(=O)O.CCCCCOc1cccc(C2C(=C(O)c3ccc4c(c3)OCCO4)C(=O)C(=O)N2CCN(CC)CC)c1.CCCCCOc1cccc(C2C(=C(O)c3ccc4c(c3)OCCO4)C(=O)C(=O)N2CCN(CC)CC)c1. The van der Waals surface area contributed by atoms with Crippen molar-refractivity contribution in [2.45, 2.75) is 99.1 Å². The maximum absolute atomic E-state index is 13.4. The van der Waals surface area contributed by atoms with Crippen LogP contribution in [0.15, 0.2) is 96.1 Å². The number of carboxylic acid groups (broad SMARTS) is 1. The van der Waals surface area contributed by atoms with Gasteiger partial charge in [-0.2, -0.15) is 0 Å². The van der Waals surface area contributed by atoms with Crippen molar-refractivity contribution < 1.29 is 67.7 Å². The van der Waals surface area contributed by atoms with Gasteiger partial charge in [-0.1, -0.05) is 91.5 Å². The van der Waals surface area contributed by atoms with Gasteiger partial charge in [0.25, 0.3) is 29.4 Å². The van der Waals surface area contributed by atoms with E-state index in [1.54, 1.807) is 46.2 Å². The third-order valence-corrected chi connectivity index (χ3v) is 14.2. The smallest absolute Gasteiger partial charge is 0.300 e. The lowest BCUT2D eigenvalue weighted by molar-refractivity contribution is -0.140. The number of nitrogens with zero attached hydrogens (tertiary/aromatic N) is 4. The standard InChI is InChI=1S/2C30H38N2O6.C2H4O2/c2*1-4-7-8-16-36-23-11-9-10-21(19-23)27-26(29(34)30(35)32(27)15-14-31(5-2)6-3)28(33)22-12-13-24-25(20-22)38-18-17-37-24;1-2(3)4/h2*9-13,19-20,27,33H,4-8,14-18H2,1-3H3;1H3,(H,3,4). The summed E-state index contributed by atoms with van der Waals surface area (Å²) in [5.74, 6) is -0.424. The molecule has 2 saturated heterocycles. The van der Waals surface area contributed by atoms with E-state index in [-0.39, 0.29) is 22.7 Å². The van der Waals surface area contributed by atoms with Gasteiger partial charge < -0.3 is 63.3 Å². The molecule has 4 heterocycles. The van der Waals surface area contributed by atoms with Gasteiger partial charge in [-0.3, -0.25) is 24.0 Å². The Morgan fingerprint density at radius 3 is 1.24 bits per heavy atom. The molecule has 0 aromatic heterocycles. The Labute approximate surface area is 470 Å². The monoisotopic (exact) mass is 1100 g/mol. The van der Waals surface area contributed by atoms with E-state index in [4.69, 9.17) is 38.3 Å². The maximum atomic E-state index is 13.4. The summed E-state index contributed by atoms with van der Waals surface area (Å²) in [7, 11) is 0. The average molecular weight is 1110 g/mol. The summed E-state index contributed by atoms with van der Waals surface area (Å²) in [6.45, 7) is 21.8. The zero-order valence-electron chi connectivity index (χ0n) is 47.5. The third-order valence-electron chi connectivity index (χ3n) is 14.2. The summed E-state index contributed by atoms with van der Waals surface area (Å²) < 4.78 is 34.5. The first kappa shape index (κ1) is 61.6. The molecule has 2 atom stereocenters. The number of amides is 2. The van der Waals surface area contributed by atoms with Crippen molar-refractivity contribution in [3.63, 3.8) is 0 Å². The molecule has 2 fully saturated rings. The van der Waals surface area contributed by atoms with Crippen molar-refractivity contribution in [3.8, 4) is 34.5 Å². The summed E-state index contributed by atoms with van der Waals surface area (Å²) in [5.41, 5.74) is 2.36. The summed E-state index contributed by atoms with van der Waals surface area (Å²) >= 11 is 0. The molecule has 80 heavy (non-hydrogen) atoms. The normalized spacial score (nSPS) is 17.7. The zero-order chi connectivity index (χ0) is 57.7. The number of unbranched alkanes of at least 4 members (excludes halogenated alkanes) is 4. The van der Waals surface area contributed by atoms with E-state index in [9.17, 15) is 29.4 Å². The van der Waals surface area contributed by atoms with Gasteiger partial charge in [0.2, 0.25) is 0 Å². The molecule has 8 rings (SSSR count). The number of hydrogen-bond acceptors (Lipinski definition) is 15. The molecule has 0 radical (unpaired) electrons. The predicted octanol–water partition coefficient (Wildman–Crippen LogP) is 9.67. The second kappa shape index (κ2) is 30.7. The molecule has 0 bridgehead atoms. The Hall–Kier alpha value is -7.57. The number of Topliss-reactive ketones (excluding diaryl/α,β-unsaturated/α-hetero) is 2. The first-order valence-electron chi connectivity index (χ1n) is 28.2. The number of ether oxygens (including phenoxy) is 6. The molecule has 432 valence electrons. The van der Waals surface area contributed by atoms with Gasteiger partial charge >= 0.3 is 0 Å². The third kappa shape index (κ3) is 15.8. The quantitative estimate of drug-likeness (QED) is 0.0258. The van der Waals surface area contributed by atoms with Crippen LogP contribution >= 0.6 is 0 Å². The predicted molar refractivity (Wildman–Crippen MR) is 305 cm³/mol. The zero-order valence-corrected chi connectivity index (χ0v) is 47.5. The Morgan fingerprint density at radius 1 is 0.525 bits per heavy atom. The number of likely N-dealkylation sites (tertiary alicyclic amines) is 2. The van der Waals surface area contributed by atoms with Crippen LogP contribution in [-0.4, -0.2) is 156 Å². The Morgan fingerprint density at radius 2 is 0.887 bits per heavy atom. The van der Waals surface area contributed by atoms with Crippen LogP contribution in [-0.2, 0) is 24.0 Å². The van der Waals surface area contributed by atoms with Gasteiger partial charge in [-0.05, 0) is 111 Å².